The van der Waals surface area contributed by atoms with E-state index in [0.29, 0.717) is 12.3 Å². The monoisotopic (exact) mass is 405 g/mol. The van der Waals surface area contributed by atoms with Crippen LogP contribution in [0, 0.1) is 18.3 Å². The summed E-state index contributed by atoms with van der Waals surface area (Å²) in [7, 11) is 4.16. The van der Waals surface area contributed by atoms with Gasteiger partial charge in [-0.1, -0.05) is 48.0 Å². The first-order chi connectivity index (χ1) is 14.4. The molecule has 5 heteroatoms. The van der Waals surface area contributed by atoms with Gasteiger partial charge in [0.1, 0.15) is 0 Å². The summed E-state index contributed by atoms with van der Waals surface area (Å²) in [6.07, 6.45) is 0.447. The molecule has 0 saturated carbocycles. The van der Waals surface area contributed by atoms with Gasteiger partial charge in [0.15, 0.2) is 0 Å². The summed E-state index contributed by atoms with van der Waals surface area (Å²) in [5, 5.41) is 0. The van der Waals surface area contributed by atoms with Crippen LogP contribution in [-0.4, -0.2) is 73.3 Å². The number of hydrogen-bond donors (Lipinski definition) is 0. The maximum Gasteiger partial charge on any atom is 0.253 e. The van der Waals surface area contributed by atoms with Crippen LogP contribution in [0.1, 0.15) is 21.5 Å². The van der Waals surface area contributed by atoms with Crippen molar-refractivity contribution in [3.8, 4) is 0 Å². The topological polar surface area (TPSA) is 43.9 Å². The molecule has 2 aromatic rings. The van der Waals surface area contributed by atoms with Crippen LogP contribution in [0.25, 0.3) is 0 Å². The third-order valence-corrected chi connectivity index (χ3v) is 6.51. The van der Waals surface area contributed by atoms with Crippen molar-refractivity contribution in [1.82, 2.24) is 14.7 Å². The highest BCUT2D eigenvalue weighted by Crippen LogP contribution is 2.44. The van der Waals surface area contributed by atoms with E-state index in [1.54, 1.807) is 0 Å². The van der Waals surface area contributed by atoms with Crippen LogP contribution >= 0.6 is 0 Å². The third kappa shape index (κ3) is 4.12. The van der Waals surface area contributed by atoms with E-state index in [1.807, 2.05) is 52.3 Å². The zero-order chi connectivity index (χ0) is 21.3. The predicted molar refractivity (Wildman–Crippen MR) is 118 cm³/mol. The van der Waals surface area contributed by atoms with Gasteiger partial charge in [-0.05, 0) is 44.6 Å². The molecule has 2 aromatic carbocycles. The minimum Gasteiger partial charge on any atom is -0.341 e. The largest absolute Gasteiger partial charge is 0.341 e. The molecule has 0 aliphatic carbocycles. The molecule has 2 saturated heterocycles. The Hall–Kier alpha value is -2.66. The van der Waals surface area contributed by atoms with Gasteiger partial charge in [0.25, 0.3) is 5.91 Å². The van der Waals surface area contributed by atoms with Gasteiger partial charge in [-0.25, -0.2) is 0 Å². The van der Waals surface area contributed by atoms with Gasteiger partial charge >= 0.3 is 0 Å². The normalized spacial score (nSPS) is 19.9. The average molecular weight is 406 g/mol. The van der Waals surface area contributed by atoms with Crippen molar-refractivity contribution in [2.45, 2.75) is 13.3 Å². The van der Waals surface area contributed by atoms with Gasteiger partial charge in [0, 0.05) is 43.7 Å². The second-order valence-electron chi connectivity index (χ2n) is 9.29. The molecule has 1 spiro atoms. The SMILES string of the molecule is Cc1cccc(CC(=O)N2CC3(C2)CN(C(=O)c2ccccc2)CC3CN(C)C)c1. The molecular weight excluding hydrogens is 374 g/mol. The molecule has 2 amide bonds. The minimum absolute atomic E-state index is 0.0109. The highest BCUT2D eigenvalue weighted by atomic mass is 16.2. The lowest BCUT2D eigenvalue weighted by molar-refractivity contribution is -0.144. The number of rotatable bonds is 5. The second kappa shape index (κ2) is 8.23. The molecule has 1 atom stereocenters. The standard InChI is InChI=1S/C25H31N3O2/c1-19-8-7-9-20(12-19)13-23(29)28-17-25(18-28)16-27(15-22(25)14-26(2)3)24(30)21-10-5-4-6-11-21/h4-12,22H,13-18H2,1-3H3. The number of carbonyl (C=O) groups excluding carboxylic acids is 2. The number of nitrogens with zero attached hydrogens (tertiary/aromatic N) is 3. The Morgan fingerprint density at radius 3 is 2.37 bits per heavy atom. The Morgan fingerprint density at radius 2 is 1.70 bits per heavy atom. The van der Waals surface area contributed by atoms with E-state index in [9.17, 15) is 9.59 Å². The molecule has 0 radical (unpaired) electrons. The van der Waals surface area contributed by atoms with Crippen LogP contribution in [0.2, 0.25) is 0 Å². The summed E-state index contributed by atoms with van der Waals surface area (Å²) in [4.78, 5) is 32.0. The summed E-state index contributed by atoms with van der Waals surface area (Å²) in [6, 6.07) is 17.7. The number of hydrogen-bond acceptors (Lipinski definition) is 3. The van der Waals surface area contributed by atoms with Crippen LogP contribution in [0.4, 0.5) is 0 Å². The molecular formula is C25H31N3O2. The van der Waals surface area contributed by atoms with Crippen LogP contribution < -0.4 is 0 Å². The second-order valence-corrected chi connectivity index (χ2v) is 9.29. The van der Waals surface area contributed by atoms with Crippen molar-refractivity contribution in [3.05, 3.63) is 71.3 Å². The zero-order valence-corrected chi connectivity index (χ0v) is 18.2. The molecule has 2 aliphatic heterocycles. The Balaban J connectivity index is 1.44. The van der Waals surface area contributed by atoms with Crippen LogP contribution in [-0.2, 0) is 11.2 Å². The van der Waals surface area contributed by atoms with Crippen LogP contribution in [0.5, 0.6) is 0 Å². The summed E-state index contributed by atoms with van der Waals surface area (Å²) >= 11 is 0. The quantitative estimate of drug-likeness (QED) is 0.768. The number of benzene rings is 2. The van der Waals surface area contributed by atoms with E-state index < -0.39 is 0 Å². The molecule has 30 heavy (non-hydrogen) atoms. The van der Waals surface area contributed by atoms with Crippen molar-refractivity contribution < 1.29 is 9.59 Å². The molecule has 2 fully saturated rings. The Bertz CT molecular complexity index is 919. The lowest BCUT2D eigenvalue weighted by atomic mass is 9.71. The van der Waals surface area contributed by atoms with Gasteiger partial charge in [0.05, 0.1) is 6.42 Å². The van der Waals surface area contributed by atoms with Gasteiger partial charge in [-0.3, -0.25) is 9.59 Å². The zero-order valence-electron chi connectivity index (χ0n) is 18.2. The van der Waals surface area contributed by atoms with Crippen LogP contribution in [0.3, 0.4) is 0 Å². The van der Waals surface area contributed by atoms with Crippen molar-refractivity contribution in [1.29, 1.82) is 0 Å². The summed E-state index contributed by atoms with van der Waals surface area (Å²) in [5.74, 6) is 0.659. The predicted octanol–water partition coefficient (Wildman–Crippen LogP) is 2.70. The Morgan fingerprint density at radius 1 is 1.00 bits per heavy atom. The molecule has 4 rings (SSSR count). The average Bonchev–Trinajstić information content (AvgIpc) is 3.05. The maximum atomic E-state index is 13.0. The molecule has 2 heterocycles. The molecule has 2 aliphatic rings. The first kappa shape index (κ1) is 20.6. The molecule has 158 valence electrons. The van der Waals surface area contributed by atoms with Crippen molar-refractivity contribution in [2.75, 3.05) is 46.8 Å². The fraction of sp³-hybridized carbons (Fsp3) is 0.440. The molecule has 1 unspecified atom stereocenters. The van der Waals surface area contributed by atoms with Gasteiger partial charge in [-0.15, -0.1) is 0 Å². The van der Waals surface area contributed by atoms with Gasteiger partial charge in [-0.2, -0.15) is 0 Å². The van der Waals surface area contributed by atoms with Crippen molar-refractivity contribution in [2.24, 2.45) is 11.3 Å². The first-order valence-corrected chi connectivity index (χ1v) is 10.7. The minimum atomic E-state index is 0.0109. The van der Waals surface area contributed by atoms with Gasteiger partial charge in [0.2, 0.25) is 5.91 Å². The number of likely N-dealkylation sites (tertiary alicyclic amines) is 2. The Kier molecular flexibility index (Phi) is 5.65. The van der Waals surface area contributed by atoms with Crippen LogP contribution in [0.15, 0.2) is 54.6 Å². The van der Waals surface area contributed by atoms with Gasteiger partial charge < -0.3 is 14.7 Å². The van der Waals surface area contributed by atoms with Crippen molar-refractivity contribution in [3.63, 3.8) is 0 Å². The van der Waals surface area contributed by atoms with E-state index >= 15 is 0 Å². The Labute approximate surface area is 179 Å². The summed E-state index contributed by atoms with van der Waals surface area (Å²) in [6.45, 7) is 5.95. The highest BCUT2D eigenvalue weighted by molar-refractivity contribution is 5.94. The molecule has 0 aromatic heterocycles. The van der Waals surface area contributed by atoms with E-state index in [1.165, 1.54) is 5.56 Å². The number of carbonyl (C=O) groups is 2. The maximum absolute atomic E-state index is 13.0. The van der Waals surface area contributed by atoms with Crippen molar-refractivity contribution >= 4 is 11.8 Å². The molecule has 0 bridgehead atoms. The van der Waals surface area contributed by atoms with E-state index in [0.717, 1.165) is 43.9 Å². The fourth-order valence-electron chi connectivity index (χ4n) is 5.00. The third-order valence-electron chi connectivity index (χ3n) is 6.51. The summed E-state index contributed by atoms with van der Waals surface area (Å²) in [5.41, 5.74) is 3.00. The smallest absolute Gasteiger partial charge is 0.253 e. The summed E-state index contributed by atoms with van der Waals surface area (Å²) < 4.78 is 0. The van der Waals surface area contributed by atoms with E-state index in [4.69, 9.17) is 0 Å². The lowest BCUT2D eigenvalue weighted by Crippen LogP contribution is -2.63. The molecule has 5 nitrogen and oxygen atoms in total. The van der Waals surface area contributed by atoms with E-state index in [2.05, 4.69) is 38.1 Å². The number of amides is 2. The number of aryl methyl sites for hydroxylation is 1. The first-order valence-electron chi connectivity index (χ1n) is 10.7. The highest BCUT2D eigenvalue weighted by Gasteiger charge is 2.56. The lowest BCUT2D eigenvalue weighted by Gasteiger charge is -2.51. The molecule has 0 N–H and O–H groups in total. The fourth-order valence-corrected chi connectivity index (χ4v) is 5.00. The van der Waals surface area contributed by atoms with E-state index in [-0.39, 0.29) is 17.2 Å².